The van der Waals surface area contributed by atoms with Gasteiger partial charge in [-0.2, -0.15) is 0 Å². The maximum Gasteiger partial charge on any atom is 0.206 e. The molecule has 0 aliphatic rings. The number of rotatable bonds is 3. The Morgan fingerprint density at radius 1 is 1.29 bits per heavy atom. The van der Waals surface area contributed by atoms with Gasteiger partial charge in [0.05, 0.1) is 6.04 Å². The van der Waals surface area contributed by atoms with Crippen molar-refractivity contribution in [3.8, 4) is 0 Å². The lowest BCUT2D eigenvalue weighted by molar-refractivity contribution is 0.872. The Hall–Kier alpha value is -0.840. The molecular formula is C11H11Cl2N3S. The van der Waals surface area contributed by atoms with Crippen molar-refractivity contribution in [2.24, 2.45) is 0 Å². The van der Waals surface area contributed by atoms with Crippen LogP contribution in [0.2, 0.25) is 10.0 Å². The number of nitrogens with zero attached hydrogens (tertiary/aromatic N) is 2. The number of halogens is 2. The van der Waals surface area contributed by atoms with Crippen molar-refractivity contribution in [1.82, 2.24) is 10.2 Å². The van der Waals surface area contributed by atoms with Crippen LogP contribution in [0.15, 0.2) is 18.2 Å². The number of hydrogen-bond donors (Lipinski definition) is 1. The molecule has 0 spiro atoms. The molecule has 3 nitrogen and oxygen atoms in total. The highest BCUT2D eigenvalue weighted by molar-refractivity contribution is 7.15. The smallest absolute Gasteiger partial charge is 0.206 e. The van der Waals surface area contributed by atoms with Gasteiger partial charge < -0.3 is 5.32 Å². The summed E-state index contributed by atoms with van der Waals surface area (Å²) in [5.41, 5.74) is 0.990. The number of benzene rings is 1. The summed E-state index contributed by atoms with van der Waals surface area (Å²) in [6.07, 6.45) is 0. The molecule has 0 saturated carbocycles. The zero-order valence-corrected chi connectivity index (χ0v) is 11.7. The summed E-state index contributed by atoms with van der Waals surface area (Å²) < 4.78 is 0. The van der Waals surface area contributed by atoms with Crippen LogP contribution in [0.3, 0.4) is 0 Å². The van der Waals surface area contributed by atoms with E-state index in [1.165, 1.54) is 11.3 Å². The number of anilines is 1. The van der Waals surface area contributed by atoms with E-state index in [1.807, 2.05) is 26.0 Å². The predicted molar refractivity (Wildman–Crippen MR) is 73.1 cm³/mol. The van der Waals surface area contributed by atoms with Crippen molar-refractivity contribution in [3.05, 3.63) is 38.8 Å². The molecule has 0 bridgehead atoms. The number of hydrogen-bond acceptors (Lipinski definition) is 4. The maximum absolute atomic E-state index is 6.14. The minimum atomic E-state index is 0.0621. The van der Waals surface area contributed by atoms with E-state index in [4.69, 9.17) is 23.2 Å². The van der Waals surface area contributed by atoms with Crippen LogP contribution >= 0.6 is 34.5 Å². The molecule has 0 aliphatic heterocycles. The average Bonchev–Trinajstić information content (AvgIpc) is 2.63. The second kappa shape index (κ2) is 5.21. The lowest BCUT2D eigenvalue weighted by Gasteiger charge is -2.14. The van der Waals surface area contributed by atoms with Gasteiger partial charge >= 0.3 is 0 Å². The van der Waals surface area contributed by atoms with Crippen LogP contribution in [0.5, 0.6) is 0 Å². The standard InChI is InChI=1S/C11H11Cl2N3S/c1-6(14-11-16-15-7(2)17-11)9-4-3-8(12)5-10(9)13/h3-6H,1-2H3,(H,14,16)/t6-/m0/s1. The first-order chi connectivity index (χ1) is 8.06. The number of aromatic nitrogens is 2. The van der Waals surface area contributed by atoms with E-state index >= 15 is 0 Å². The van der Waals surface area contributed by atoms with Crippen molar-refractivity contribution in [2.45, 2.75) is 19.9 Å². The van der Waals surface area contributed by atoms with Crippen LogP contribution in [0.1, 0.15) is 23.5 Å². The summed E-state index contributed by atoms with van der Waals surface area (Å²) in [4.78, 5) is 0. The van der Waals surface area contributed by atoms with Gasteiger partial charge in [-0.3, -0.25) is 0 Å². The largest absolute Gasteiger partial charge is 0.354 e. The lowest BCUT2D eigenvalue weighted by atomic mass is 10.1. The Morgan fingerprint density at radius 2 is 2.06 bits per heavy atom. The van der Waals surface area contributed by atoms with Gasteiger partial charge in [0.2, 0.25) is 5.13 Å². The monoisotopic (exact) mass is 287 g/mol. The van der Waals surface area contributed by atoms with Crippen molar-refractivity contribution >= 4 is 39.7 Å². The molecule has 1 aromatic carbocycles. The molecule has 1 atom stereocenters. The molecule has 0 amide bonds. The van der Waals surface area contributed by atoms with Gasteiger partial charge in [-0.1, -0.05) is 40.6 Å². The minimum Gasteiger partial charge on any atom is -0.354 e. The van der Waals surface area contributed by atoms with Crippen LogP contribution in [-0.4, -0.2) is 10.2 Å². The lowest BCUT2D eigenvalue weighted by Crippen LogP contribution is -2.06. The molecule has 0 fully saturated rings. The quantitative estimate of drug-likeness (QED) is 0.913. The topological polar surface area (TPSA) is 37.8 Å². The molecule has 0 radical (unpaired) electrons. The third-order valence-electron chi connectivity index (χ3n) is 2.30. The second-order valence-corrected chi connectivity index (χ2v) is 5.68. The summed E-state index contributed by atoms with van der Waals surface area (Å²) in [6, 6.07) is 5.54. The summed E-state index contributed by atoms with van der Waals surface area (Å²) >= 11 is 13.5. The van der Waals surface area contributed by atoms with E-state index < -0.39 is 0 Å². The second-order valence-electron chi connectivity index (χ2n) is 3.66. The van der Waals surface area contributed by atoms with Crippen LogP contribution in [0.25, 0.3) is 0 Å². The molecule has 1 heterocycles. The van der Waals surface area contributed by atoms with Gasteiger partial charge in [0.15, 0.2) is 0 Å². The van der Waals surface area contributed by atoms with Gasteiger partial charge in [-0.25, -0.2) is 0 Å². The molecule has 1 N–H and O–H groups in total. The van der Waals surface area contributed by atoms with E-state index in [2.05, 4.69) is 15.5 Å². The van der Waals surface area contributed by atoms with E-state index in [1.54, 1.807) is 6.07 Å². The zero-order valence-electron chi connectivity index (χ0n) is 9.37. The van der Waals surface area contributed by atoms with Crippen molar-refractivity contribution in [1.29, 1.82) is 0 Å². The van der Waals surface area contributed by atoms with E-state index in [0.717, 1.165) is 15.7 Å². The van der Waals surface area contributed by atoms with Crippen molar-refractivity contribution < 1.29 is 0 Å². The van der Waals surface area contributed by atoms with Gasteiger partial charge in [0.1, 0.15) is 5.01 Å². The molecule has 2 aromatic rings. The molecule has 0 saturated heterocycles. The zero-order chi connectivity index (χ0) is 12.4. The highest BCUT2D eigenvalue weighted by atomic mass is 35.5. The third kappa shape index (κ3) is 3.09. The molecule has 17 heavy (non-hydrogen) atoms. The van der Waals surface area contributed by atoms with E-state index in [9.17, 15) is 0 Å². The molecule has 0 unspecified atom stereocenters. The molecule has 6 heteroatoms. The molecule has 0 aliphatic carbocycles. The normalized spacial score (nSPS) is 12.5. The van der Waals surface area contributed by atoms with Crippen molar-refractivity contribution in [3.63, 3.8) is 0 Å². The highest BCUT2D eigenvalue weighted by Gasteiger charge is 2.11. The van der Waals surface area contributed by atoms with Gasteiger partial charge in [0.25, 0.3) is 0 Å². The minimum absolute atomic E-state index is 0.0621. The number of nitrogens with one attached hydrogen (secondary N) is 1. The summed E-state index contributed by atoms with van der Waals surface area (Å²) in [5, 5.41) is 14.2. The van der Waals surface area contributed by atoms with Gasteiger partial charge in [0, 0.05) is 10.0 Å². The first kappa shape index (κ1) is 12.6. The summed E-state index contributed by atoms with van der Waals surface area (Å²) in [5.74, 6) is 0. The van der Waals surface area contributed by atoms with Crippen LogP contribution in [0, 0.1) is 6.92 Å². The summed E-state index contributed by atoms with van der Waals surface area (Å²) in [7, 11) is 0. The van der Waals surface area contributed by atoms with Crippen LogP contribution in [-0.2, 0) is 0 Å². The van der Waals surface area contributed by atoms with Gasteiger partial charge in [-0.15, -0.1) is 10.2 Å². The Balaban J connectivity index is 2.17. The Kier molecular flexibility index (Phi) is 3.86. The third-order valence-corrected chi connectivity index (χ3v) is 3.63. The highest BCUT2D eigenvalue weighted by Crippen LogP contribution is 2.29. The number of aryl methyl sites for hydroxylation is 1. The SMILES string of the molecule is Cc1nnc(N[C@@H](C)c2ccc(Cl)cc2Cl)s1. The fourth-order valence-electron chi connectivity index (χ4n) is 1.47. The Bertz CT molecular complexity index is 527. The Labute approximate surface area is 114 Å². The molecule has 1 aromatic heterocycles. The van der Waals surface area contributed by atoms with E-state index in [0.29, 0.717) is 10.0 Å². The van der Waals surface area contributed by atoms with Crippen LogP contribution in [0.4, 0.5) is 5.13 Å². The molecular weight excluding hydrogens is 277 g/mol. The fourth-order valence-corrected chi connectivity index (χ4v) is 2.72. The first-order valence-electron chi connectivity index (χ1n) is 5.08. The van der Waals surface area contributed by atoms with E-state index in [-0.39, 0.29) is 6.04 Å². The molecule has 90 valence electrons. The fraction of sp³-hybridized carbons (Fsp3) is 0.273. The summed E-state index contributed by atoms with van der Waals surface area (Å²) in [6.45, 7) is 3.94. The van der Waals surface area contributed by atoms with Crippen LogP contribution < -0.4 is 5.32 Å². The maximum atomic E-state index is 6.14. The molecule has 2 rings (SSSR count). The Morgan fingerprint density at radius 3 is 2.65 bits per heavy atom. The average molecular weight is 288 g/mol. The first-order valence-corrected chi connectivity index (χ1v) is 6.65. The van der Waals surface area contributed by atoms with Crippen molar-refractivity contribution in [2.75, 3.05) is 5.32 Å². The predicted octanol–water partition coefficient (Wildman–Crippen LogP) is 4.33. The van der Waals surface area contributed by atoms with Gasteiger partial charge in [-0.05, 0) is 31.5 Å².